The number of ether oxygens (including phenoxy) is 1. The molecule has 0 spiro atoms. The van der Waals surface area contributed by atoms with Crippen LogP contribution in [-0.2, 0) is 10.2 Å². The lowest BCUT2D eigenvalue weighted by molar-refractivity contribution is -0.116. The second-order valence-electron chi connectivity index (χ2n) is 5.47. The second-order valence-corrected chi connectivity index (χ2v) is 5.47. The van der Waals surface area contributed by atoms with Crippen LogP contribution in [0.1, 0.15) is 39.7 Å². The quantitative estimate of drug-likeness (QED) is 0.733. The van der Waals surface area contributed by atoms with Gasteiger partial charge in [0.1, 0.15) is 11.5 Å². The van der Waals surface area contributed by atoms with Crippen LogP contribution in [0.15, 0.2) is 24.3 Å². The smallest absolute Gasteiger partial charge is 0.131 e. The zero-order chi connectivity index (χ0) is 14.3. The number of ketones is 1. The molecule has 1 N–H and O–H groups in total. The molecule has 0 fully saturated rings. The van der Waals surface area contributed by atoms with Crippen molar-refractivity contribution in [2.24, 2.45) is 0 Å². The van der Waals surface area contributed by atoms with Crippen molar-refractivity contribution in [3.05, 3.63) is 29.8 Å². The van der Waals surface area contributed by atoms with Crippen molar-refractivity contribution in [2.75, 3.05) is 19.7 Å². The standard InChI is InChI=1S/C16H25NO2/c1-5-19-15-8-6-14(7-9-15)16(3,4)12-17-11-10-13(2)18/h6-9,17H,5,10-12H2,1-4H3. The van der Waals surface area contributed by atoms with Gasteiger partial charge in [-0.25, -0.2) is 0 Å². The number of carbonyl (C=O) groups is 1. The van der Waals surface area contributed by atoms with Crippen LogP contribution in [0.4, 0.5) is 0 Å². The highest BCUT2D eigenvalue weighted by Crippen LogP contribution is 2.24. The summed E-state index contributed by atoms with van der Waals surface area (Å²) < 4.78 is 5.45. The fourth-order valence-corrected chi connectivity index (χ4v) is 1.94. The molecule has 0 unspecified atom stereocenters. The van der Waals surface area contributed by atoms with Crippen molar-refractivity contribution >= 4 is 5.78 Å². The first-order chi connectivity index (χ1) is 8.95. The van der Waals surface area contributed by atoms with Crippen molar-refractivity contribution in [1.29, 1.82) is 0 Å². The summed E-state index contributed by atoms with van der Waals surface area (Å²) in [5, 5.41) is 3.34. The van der Waals surface area contributed by atoms with Crippen molar-refractivity contribution in [2.45, 2.75) is 39.5 Å². The number of carbonyl (C=O) groups excluding carboxylic acids is 1. The lowest BCUT2D eigenvalue weighted by Crippen LogP contribution is -2.33. The molecule has 1 aromatic rings. The van der Waals surface area contributed by atoms with E-state index in [9.17, 15) is 4.79 Å². The molecular weight excluding hydrogens is 238 g/mol. The Balaban J connectivity index is 2.53. The minimum atomic E-state index is 0.0432. The van der Waals surface area contributed by atoms with Gasteiger partial charge in [0, 0.05) is 24.9 Å². The Bertz CT molecular complexity index is 396. The first-order valence-corrected chi connectivity index (χ1v) is 6.89. The van der Waals surface area contributed by atoms with Crippen molar-refractivity contribution < 1.29 is 9.53 Å². The molecule has 0 saturated heterocycles. The summed E-state index contributed by atoms with van der Waals surface area (Å²) in [5.74, 6) is 1.14. The molecule has 1 rings (SSSR count). The molecule has 0 aliphatic rings. The summed E-state index contributed by atoms with van der Waals surface area (Å²) in [6.07, 6.45) is 0.597. The van der Waals surface area contributed by atoms with Gasteiger partial charge >= 0.3 is 0 Å². The topological polar surface area (TPSA) is 38.3 Å². The fraction of sp³-hybridized carbons (Fsp3) is 0.562. The number of hydrogen-bond acceptors (Lipinski definition) is 3. The molecule has 19 heavy (non-hydrogen) atoms. The highest BCUT2D eigenvalue weighted by atomic mass is 16.5. The maximum absolute atomic E-state index is 10.9. The Kier molecular flexibility index (Phi) is 6.03. The minimum Gasteiger partial charge on any atom is -0.494 e. The van der Waals surface area contributed by atoms with Crippen molar-refractivity contribution in [1.82, 2.24) is 5.32 Å². The third-order valence-electron chi connectivity index (χ3n) is 3.17. The lowest BCUT2D eigenvalue weighted by atomic mass is 9.84. The Morgan fingerprint density at radius 1 is 1.26 bits per heavy atom. The van der Waals surface area contributed by atoms with E-state index >= 15 is 0 Å². The maximum atomic E-state index is 10.9. The van der Waals surface area contributed by atoms with Crippen LogP contribution < -0.4 is 10.1 Å². The van der Waals surface area contributed by atoms with E-state index in [4.69, 9.17) is 4.74 Å². The minimum absolute atomic E-state index is 0.0432. The van der Waals surface area contributed by atoms with E-state index < -0.39 is 0 Å². The Hall–Kier alpha value is -1.35. The van der Waals surface area contributed by atoms with Crippen LogP contribution in [0.25, 0.3) is 0 Å². The average molecular weight is 263 g/mol. The molecular formula is C16H25NO2. The van der Waals surface area contributed by atoms with Crippen LogP contribution in [0, 0.1) is 0 Å². The molecule has 0 amide bonds. The van der Waals surface area contributed by atoms with Crippen molar-refractivity contribution in [3.8, 4) is 5.75 Å². The van der Waals surface area contributed by atoms with Crippen LogP contribution in [-0.4, -0.2) is 25.5 Å². The second kappa shape index (κ2) is 7.29. The van der Waals surface area contributed by atoms with Crippen LogP contribution in [0.5, 0.6) is 5.75 Å². The summed E-state index contributed by atoms with van der Waals surface area (Å²) in [4.78, 5) is 10.9. The van der Waals surface area contributed by atoms with E-state index in [0.717, 1.165) is 18.8 Å². The van der Waals surface area contributed by atoms with E-state index in [-0.39, 0.29) is 11.2 Å². The molecule has 3 nitrogen and oxygen atoms in total. The van der Waals surface area contributed by atoms with Gasteiger partial charge in [0.25, 0.3) is 0 Å². The van der Waals surface area contributed by atoms with Gasteiger partial charge in [0.2, 0.25) is 0 Å². The maximum Gasteiger partial charge on any atom is 0.131 e. The highest BCUT2D eigenvalue weighted by molar-refractivity contribution is 5.75. The van der Waals surface area contributed by atoms with Gasteiger partial charge in [-0.2, -0.15) is 0 Å². The van der Waals surface area contributed by atoms with Crippen molar-refractivity contribution in [3.63, 3.8) is 0 Å². The zero-order valence-electron chi connectivity index (χ0n) is 12.5. The van der Waals surface area contributed by atoms with Gasteiger partial charge in [-0.3, -0.25) is 4.79 Å². The third kappa shape index (κ3) is 5.43. The molecule has 106 valence electrons. The van der Waals surface area contributed by atoms with Gasteiger partial charge in [-0.1, -0.05) is 26.0 Å². The summed E-state index contributed by atoms with van der Waals surface area (Å²) in [7, 11) is 0. The van der Waals surface area contributed by atoms with E-state index in [1.54, 1.807) is 6.92 Å². The number of hydrogen-bond donors (Lipinski definition) is 1. The van der Waals surface area contributed by atoms with Gasteiger partial charge in [0.15, 0.2) is 0 Å². The molecule has 3 heteroatoms. The SMILES string of the molecule is CCOc1ccc(C(C)(C)CNCCC(C)=O)cc1. The molecule has 0 aromatic heterocycles. The molecule has 0 radical (unpaired) electrons. The molecule has 0 aliphatic carbocycles. The van der Waals surface area contributed by atoms with E-state index in [2.05, 4.69) is 31.3 Å². The highest BCUT2D eigenvalue weighted by Gasteiger charge is 2.19. The summed E-state index contributed by atoms with van der Waals surface area (Å²) in [6, 6.07) is 8.24. The van der Waals surface area contributed by atoms with Gasteiger partial charge < -0.3 is 10.1 Å². The molecule has 0 saturated carbocycles. The number of rotatable bonds is 8. The third-order valence-corrected chi connectivity index (χ3v) is 3.17. The van der Waals surface area contributed by atoms with Crippen LogP contribution >= 0.6 is 0 Å². The Labute approximate surface area is 116 Å². The lowest BCUT2D eigenvalue weighted by Gasteiger charge is -2.26. The Morgan fingerprint density at radius 3 is 2.42 bits per heavy atom. The average Bonchev–Trinajstić information content (AvgIpc) is 2.36. The fourth-order valence-electron chi connectivity index (χ4n) is 1.94. The first kappa shape index (κ1) is 15.7. The predicted molar refractivity (Wildman–Crippen MR) is 78.8 cm³/mol. The number of benzene rings is 1. The predicted octanol–water partition coefficient (Wildman–Crippen LogP) is 2.93. The molecule has 0 aliphatic heterocycles. The number of Topliss-reactive ketones (excluding diaryl/α,β-unsaturated/α-hetero) is 1. The molecule has 0 heterocycles. The molecule has 0 bridgehead atoms. The van der Waals surface area contributed by atoms with Gasteiger partial charge in [0.05, 0.1) is 6.61 Å². The summed E-state index contributed by atoms with van der Waals surface area (Å²) >= 11 is 0. The normalized spacial score (nSPS) is 11.4. The van der Waals surface area contributed by atoms with Gasteiger partial charge in [-0.05, 0) is 31.5 Å². The van der Waals surface area contributed by atoms with E-state index in [0.29, 0.717) is 13.0 Å². The van der Waals surface area contributed by atoms with E-state index in [1.807, 2.05) is 19.1 Å². The monoisotopic (exact) mass is 263 g/mol. The summed E-state index contributed by atoms with van der Waals surface area (Å²) in [6.45, 7) is 10.3. The van der Waals surface area contributed by atoms with Gasteiger partial charge in [-0.15, -0.1) is 0 Å². The zero-order valence-corrected chi connectivity index (χ0v) is 12.5. The Morgan fingerprint density at radius 2 is 1.89 bits per heavy atom. The van der Waals surface area contributed by atoms with Crippen LogP contribution in [0.2, 0.25) is 0 Å². The summed E-state index contributed by atoms with van der Waals surface area (Å²) in [5.41, 5.74) is 1.31. The number of nitrogens with one attached hydrogen (secondary N) is 1. The molecule has 1 aromatic carbocycles. The first-order valence-electron chi connectivity index (χ1n) is 6.89. The van der Waals surface area contributed by atoms with E-state index in [1.165, 1.54) is 5.56 Å². The largest absolute Gasteiger partial charge is 0.494 e. The molecule has 0 atom stereocenters. The van der Waals surface area contributed by atoms with Crippen LogP contribution in [0.3, 0.4) is 0 Å².